The molecule has 180 valence electrons. The van der Waals surface area contributed by atoms with Crippen LogP contribution >= 0.6 is 46.4 Å². The lowest BCUT2D eigenvalue weighted by Gasteiger charge is -2.23. The molecule has 0 spiro atoms. The molecule has 0 atom stereocenters. The molecule has 0 saturated carbocycles. The molecule has 4 rings (SSSR count). The number of nitrogens with zero attached hydrogens (tertiary/aromatic N) is 2. The van der Waals surface area contributed by atoms with E-state index in [0.717, 1.165) is 26.2 Å². The lowest BCUT2D eigenvalue weighted by atomic mass is 10.1. The summed E-state index contributed by atoms with van der Waals surface area (Å²) in [6, 6.07) is 29.6. The summed E-state index contributed by atoms with van der Waals surface area (Å²) in [6.07, 6.45) is 0. The van der Waals surface area contributed by atoms with E-state index in [1.165, 1.54) is 32.9 Å². The highest BCUT2D eigenvalue weighted by atomic mass is 35.5. The molecule has 0 aromatic heterocycles. The largest absolute Gasteiger partial charge is 0.369 e. The molecule has 0 saturated heterocycles. The van der Waals surface area contributed by atoms with Crippen molar-refractivity contribution in [3.8, 4) is 0 Å². The SMILES string of the molecule is ClCCN(CCCl)c1ccc2ccccc2c1.ClCCN(CCCl)c1ccc2ccccc2c1. The van der Waals surface area contributed by atoms with E-state index in [9.17, 15) is 0 Å². The van der Waals surface area contributed by atoms with Crippen LogP contribution in [0.25, 0.3) is 21.5 Å². The third kappa shape index (κ3) is 7.58. The third-order valence-corrected chi connectivity index (χ3v) is 6.29. The smallest absolute Gasteiger partial charge is 0.0399 e. The average Bonchev–Trinajstić information content (AvgIpc) is 2.88. The van der Waals surface area contributed by atoms with Crippen molar-refractivity contribution >= 4 is 79.3 Å². The van der Waals surface area contributed by atoms with Crippen LogP contribution in [0, 0.1) is 0 Å². The first kappa shape index (κ1) is 26.8. The molecule has 0 radical (unpaired) electrons. The number of anilines is 2. The average molecular weight is 536 g/mol. The summed E-state index contributed by atoms with van der Waals surface area (Å²) in [6.45, 7) is 3.30. The third-order valence-electron chi connectivity index (χ3n) is 5.61. The van der Waals surface area contributed by atoms with Gasteiger partial charge in [-0.3, -0.25) is 0 Å². The zero-order valence-corrected chi connectivity index (χ0v) is 22.2. The maximum Gasteiger partial charge on any atom is 0.0399 e. The van der Waals surface area contributed by atoms with Crippen molar-refractivity contribution in [3.05, 3.63) is 84.9 Å². The quantitative estimate of drug-likeness (QED) is 0.188. The molecule has 2 nitrogen and oxygen atoms in total. The highest BCUT2D eigenvalue weighted by Gasteiger charge is 2.06. The molecule has 0 fully saturated rings. The van der Waals surface area contributed by atoms with Crippen molar-refractivity contribution in [2.45, 2.75) is 0 Å². The van der Waals surface area contributed by atoms with Gasteiger partial charge in [-0.2, -0.15) is 0 Å². The minimum atomic E-state index is 0.615. The standard InChI is InChI=1S/2C14H15Cl2N/c2*15-7-9-17(10-8-16)14-6-5-12-3-1-2-4-13(12)11-14/h2*1-6,11H,7-10H2. The first-order chi connectivity index (χ1) is 16.7. The summed E-state index contributed by atoms with van der Waals surface area (Å²) in [7, 11) is 0. The molecule has 0 aliphatic rings. The Morgan fingerprint density at radius 3 is 1.06 bits per heavy atom. The monoisotopic (exact) mass is 534 g/mol. The van der Waals surface area contributed by atoms with Crippen molar-refractivity contribution in [1.29, 1.82) is 0 Å². The van der Waals surface area contributed by atoms with Gasteiger partial charge in [0.15, 0.2) is 0 Å². The van der Waals surface area contributed by atoms with Crippen molar-refractivity contribution in [2.24, 2.45) is 0 Å². The number of halogens is 4. The zero-order chi connectivity index (χ0) is 24.2. The number of benzene rings is 4. The van der Waals surface area contributed by atoms with Gasteiger partial charge in [0.2, 0.25) is 0 Å². The van der Waals surface area contributed by atoms with Gasteiger partial charge in [-0.25, -0.2) is 0 Å². The van der Waals surface area contributed by atoms with Crippen LogP contribution in [0.5, 0.6) is 0 Å². The van der Waals surface area contributed by atoms with E-state index in [-0.39, 0.29) is 0 Å². The van der Waals surface area contributed by atoms with E-state index in [1.54, 1.807) is 0 Å². The molecule has 0 amide bonds. The van der Waals surface area contributed by atoms with E-state index >= 15 is 0 Å². The molecular formula is C28H30Cl4N2. The fraction of sp³-hybridized carbons (Fsp3) is 0.286. The second-order valence-electron chi connectivity index (χ2n) is 7.79. The first-order valence-corrected chi connectivity index (χ1v) is 13.6. The molecule has 0 aliphatic carbocycles. The highest BCUT2D eigenvalue weighted by molar-refractivity contribution is 6.19. The number of hydrogen-bond donors (Lipinski definition) is 0. The van der Waals surface area contributed by atoms with Crippen LogP contribution in [-0.2, 0) is 0 Å². The predicted octanol–water partition coefficient (Wildman–Crippen LogP) is 8.25. The zero-order valence-electron chi connectivity index (χ0n) is 19.1. The summed E-state index contributed by atoms with van der Waals surface area (Å²) < 4.78 is 0. The van der Waals surface area contributed by atoms with Gasteiger partial charge in [-0.05, 0) is 45.8 Å². The first-order valence-electron chi connectivity index (χ1n) is 11.4. The van der Waals surface area contributed by atoms with Crippen LogP contribution < -0.4 is 9.80 Å². The molecule has 0 unspecified atom stereocenters. The predicted molar refractivity (Wildman–Crippen MR) is 155 cm³/mol. The fourth-order valence-corrected chi connectivity index (χ4v) is 4.71. The number of hydrogen-bond acceptors (Lipinski definition) is 2. The van der Waals surface area contributed by atoms with Crippen molar-refractivity contribution < 1.29 is 0 Å². The minimum absolute atomic E-state index is 0.615. The maximum atomic E-state index is 5.82. The van der Waals surface area contributed by atoms with E-state index in [1.807, 2.05) is 0 Å². The van der Waals surface area contributed by atoms with Crippen LogP contribution in [0.15, 0.2) is 84.9 Å². The Morgan fingerprint density at radius 1 is 0.412 bits per heavy atom. The minimum Gasteiger partial charge on any atom is -0.369 e. The van der Waals surface area contributed by atoms with Crippen LogP contribution in [0.3, 0.4) is 0 Å². The Labute approximate surface area is 223 Å². The molecular weight excluding hydrogens is 506 g/mol. The van der Waals surface area contributed by atoms with Crippen LogP contribution in [-0.4, -0.2) is 49.7 Å². The molecule has 34 heavy (non-hydrogen) atoms. The van der Waals surface area contributed by atoms with Gasteiger partial charge in [0.25, 0.3) is 0 Å². The Bertz CT molecular complexity index is 1050. The van der Waals surface area contributed by atoms with Crippen LogP contribution in [0.2, 0.25) is 0 Å². The summed E-state index contributed by atoms with van der Waals surface area (Å²) in [5, 5.41) is 5.01. The normalized spacial score (nSPS) is 10.7. The lowest BCUT2D eigenvalue weighted by molar-refractivity contribution is 0.875. The van der Waals surface area contributed by atoms with Gasteiger partial charge in [-0.15, -0.1) is 46.4 Å². The molecule has 4 aromatic rings. The Hall–Kier alpha value is -1.84. The highest BCUT2D eigenvalue weighted by Crippen LogP contribution is 2.23. The van der Waals surface area contributed by atoms with Crippen LogP contribution in [0.1, 0.15) is 0 Å². The lowest BCUT2D eigenvalue weighted by Crippen LogP contribution is -2.27. The van der Waals surface area contributed by atoms with E-state index in [0.29, 0.717) is 23.5 Å². The summed E-state index contributed by atoms with van der Waals surface area (Å²) >= 11 is 23.3. The second-order valence-corrected chi connectivity index (χ2v) is 9.30. The van der Waals surface area contributed by atoms with E-state index < -0.39 is 0 Å². The number of rotatable bonds is 10. The summed E-state index contributed by atoms with van der Waals surface area (Å²) in [4.78, 5) is 4.43. The van der Waals surface area contributed by atoms with Gasteiger partial charge >= 0.3 is 0 Å². The summed E-state index contributed by atoms with van der Waals surface area (Å²) in [5.41, 5.74) is 2.37. The molecule has 6 heteroatoms. The fourth-order valence-electron chi connectivity index (χ4n) is 3.89. The van der Waals surface area contributed by atoms with Gasteiger partial charge in [0, 0.05) is 61.1 Å². The molecule has 0 bridgehead atoms. The van der Waals surface area contributed by atoms with Gasteiger partial charge in [0.05, 0.1) is 0 Å². The van der Waals surface area contributed by atoms with E-state index in [2.05, 4.69) is 94.7 Å². The van der Waals surface area contributed by atoms with Crippen molar-refractivity contribution in [2.75, 3.05) is 59.5 Å². The molecule has 0 heterocycles. The molecule has 4 aromatic carbocycles. The van der Waals surface area contributed by atoms with E-state index in [4.69, 9.17) is 46.4 Å². The van der Waals surface area contributed by atoms with Gasteiger partial charge in [0.1, 0.15) is 0 Å². The van der Waals surface area contributed by atoms with Crippen molar-refractivity contribution in [3.63, 3.8) is 0 Å². The van der Waals surface area contributed by atoms with Crippen LogP contribution in [0.4, 0.5) is 11.4 Å². The Balaban J connectivity index is 0.000000191. The van der Waals surface area contributed by atoms with Crippen molar-refractivity contribution in [1.82, 2.24) is 0 Å². The van der Waals surface area contributed by atoms with Gasteiger partial charge in [-0.1, -0.05) is 60.7 Å². The van der Waals surface area contributed by atoms with Gasteiger partial charge < -0.3 is 9.80 Å². The molecule has 0 N–H and O–H groups in total. The Morgan fingerprint density at radius 2 is 0.735 bits per heavy atom. The topological polar surface area (TPSA) is 6.48 Å². The molecule has 0 aliphatic heterocycles. The number of fused-ring (bicyclic) bond motifs is 2. The second kappa shape index (κ2) is 14.5. The Kier molecular flexibility index (Phi) is 11.4. The summed E-state index contributed by atoms with van der Waals surface area (Å²) in [5.74, 6) is 2.46. The number of alkyl halides is 4. The maximum absolute atomic E-state index is 5.82.